The monoisotopic (exact) mass is 281 g/mol. The van der Waals surface area contributed by atoms with E-state index in [0.29, 0.717) is 0 Å². The largest absolute Gasteiger partial charge is 0.314 e. The maximum Gasteiger partial charge on any atom is 0.00767 e. The lowest BCUT2D eigenvalue weighted by molar-refractivity contribution is 0.127. The standard InChI is InChI=1S/C17H35N3/c1-4-17-8-11-20(13-15(3)12-18-17)14-16-6-9-19(5-2)10-7-16/h15-18H,4-14H2,1-3H3. The highest BCUT2D eigenvalue weighted by Gasteiger charge is 2.23. The Bertz CT molecular complexity index is 261. The Hall–Kier alpha value is -0.120. The molecule has 0 spiro atoms. The molecule has 1 N–H and O–H groups in total. The van der Waals surface area contributed by atoms with Gasteiger partial charge in [0.2, 0.25) is 0 Å². The van der Waals surface area contributed by atoms with Crippen molar-refractivity contribution in [2.75, 3.05) is 45.8 Å². The molecule has 118 valence electrons. The predicted octanol–water partition coefficient (Wildman–Crippen LogP) is 2.43. The van der Waals surface area contributed by atoms with Crippen LogP contribution in [-0.2, 0) is 0 Å². The van der Waals surface area contributed by atoms with Crippen LogP contribution in [0.2, 0.25) is 0 Å². The molecule has 0 aliphatic carbocycles. The van der Waals surface area contributed by atoms with Gasteiger partial charge in [-0.2, -0.15) is 0 Å². The number of likely N-dealkylation sites (tertiary alicyclic amines) is 1. The summed E-state index contributed by atoms with van der Waals surface area (Å²) >= 11 is 0. The molecule has 3 heteroatoms. The molecule has 2 fully saturated rings. The maximum absolute atomic E-state index is 3.73. The average Bonchev–Trinajstić information content (AvgIpc) is 2.46. The highest BCUT2D eigenvalue weighted by Crippen LogP contribution is 2.20. The van der Waals surface area contributed by atoms with Crippen molar-refractivity contribution in [1.82, 2.24) is 15.1 Å². The molecule has 0 bridgehead atoms. The van der Waals surface area contributed by atoms with Crippen LogP contribution in [0.3, 0.4) is 0 Å². The van der Waals surface area contributed by atoms with Crippen LogP contribution in [0.15, 0.2) is 0 Å². The third-order valence-electron chi connectivity index (χ3n) is 5.28. The highest BCUT2D eigenvalue weighted by atomic mass is 15.2. The Balaban J connectivity index is 1.78. The van der Waals surface area contributed by atoms with E-state index in [2.05, 4.69) is 35.9 Å². The number of nitrogens with zero attached hydrogens (tertiary/aromatic N) is 2. The summed E-state index contributed by atoms with van der Waals surface area (Å²) in [6.45, 7) is 16.0. The first-order valence-corrected chi connectivity index (χ1v) is 8.89. The van der Waals surface area contributed by atoms with Gasteiger partial charge in [-0.05, 0) is 70.2 Å². The molecule has 0 amide bonds. The van der Waals surface area contributed by atoms with Crippen molar-refractivity contribution >= 4 is 0 Å². The van der Waals surface area contributed by atoms with Crippen LogP contribution < -0.4 is 5.32 Å². The Morgan fingerprint density at radius 1 is 1.00 bits per heavy atom. The van der Waals surface area contributed by atoms with E-state index < -0.39 is 0 Å². The number of nitrogens with one attached hydrogen (secondary N) is 1. The fourth-order valence-corrected chi connectivity index (χ4v) is 3.77. The lowest BCUT2D eigenvalue weighted by Crippen LogP contribution is -2.46. The summed E-state index contributed by atoms with van der Waals surface area (Å²) in [7, 11) is 0. The molecule has 0 aromatic rings. The number of rotatable bonds is 4. The van der Waals surface area contributed by atoms with Crippen LogP contribution in [-0.4, -0.2) is 61.7 Å². The van der Waals surface area contributed by atoms with Crippen molar-refractivity contribution < 1.29 is 0 Å². The van der Waals surface area contributed by atoms with Crippen molar-refractivity contribution in [3.63, 3.8) is 0 Å². The molecule has 20 heavy (non-hydrogen) atoms. The van der Waals surface area contributed by atoms with E-state index >= 15 is 0 Å². The number of hydrogen-bond acceptors (Lipinski definition) is 3. The van der Waals surface area contributed by atoms with Crippen LogP contribution in [0, 0.1) is 11.8 Å². The van der Waals surface area contributed by atoms with Crippen molar-refractivity contribution in [2.45, 2.75) is 52.5 Å². The van der Waals surface area contributed by atoms with Gasteiger partial charge in [0.15, 0.2) is 0 Å². The second-order valence-electron chi connectivity index (χ2n) is 7.04. The third-order valence-corrected chi connectivity index (χ3v) is 5.28. The van der Waals surface area contributed by atoms with E-state index in [1.807, 2.05) is 0 Å². The summed E-state index contributed by atoms with van der Waals surface area (Å²) in [6, 6.07) is 0.738. The molecule has 2 atom stereocenters. The van der Waals surface area contributed by atoms with Crippen LogP contribution in [0.4, 0.5) is 0 Å². The fraction of sp³-hybridized carbons (Fsp3) is 1.00. The zero-order valence-electron chi connectivity index (χ0n) is 13.9. The quantitative estimate of drug-likeness (QED) is 0.854. The Labute approximate surface area is 126 Å². The zero-order valence-corrected chi connectivity index (χ0v) is 13.9. The van der Waals surface area contributed by atoms with Crippen LogP contribution in [0.5, 0.6) is 0 Å². The van der Waals surface area contributed by atoms with Gasteiger partial charge < -0.3 is 15.1 Å². The minimum Gasteiger partial charge on any atom is -0.314 e. The van der Waals surface area contributed by atoms with E-state index in [0.717, 1.165) is 17.9 Å². The molecule has 3 nitrogen and oxygen atoms in total. The normalized spacial score (nSPS) is 31.9. The van der Waals surface area contributed by atoms with E-state index in [9.17, 15) is 0 Å². The summed E-state index contributed by atoms with van der Waals surface area (Å²) < 4.78 is 0. The average molecular weight is 281 g/mol. The second kappa shape index (κ2) is 8.35. The molecule has 0 radical (unpaired) electrons. The van der Waals surface area contributed by atoms with Crippen LogP contribution in [0.25, 0.3) is 0 Å². The van der Waals surface area contributed by atoms with Gasteiger partial charge in [-0.25, -0.2) is 0 Å². The van der Waals surface area contributed by atoms with Gasteiger partial charge in [0.25, 0.3) is 0 Å². The third kappa shape index (κ3) is 5.01. The minimum atomic E-state index is 0.738. The molecule has 2 aliphatic heterocycles. The SMILES string of the molecule is CCC1CCN(CC2CCN(CC)CC2)CC(C)CN1. The van der Waals surface area contributed by atoms with Crippen molar-refractivity contribution in [1.29, 1.82) is 0 Å². The first-order chi connectivity index (χ1) is 9.71. The van der Waals surface area contributed by atoms with Gasteiger partial charge in [-0.15, -0.1) is 0 Å². The van der Waals surface area contributed by atoms with E-state index in [1.54, 1.807) is 0 Å². The lowest BCUT2D eigenvalue weighted by Gasteiger charge is -2.37. The van der Waals surface area contributed by atoms with Gasteiger partial charge in [-0.1, -0.05) is 20.8 Å². The van der Waals surface area contributed by atoms with E-state index in [-0.39, 0.29) is 0 Å². The smallest absolute Gasteiger partial charge is 0.00767 e. The summed E-state index contributed by atoms with van der Waals surface area (Å²) in [5.74, 6) is 1.73. The van der Waals surface area contributed by atoms with Gasteiger partial charge in [-0.3, -0.25) is 0 Å². The Morgan fingerprint density at radius 3 is 2.35 bits per heavy atom. The first kappa shape index (κ1) is 16.3. The number of piperidine rings is 1. The molecular weight excluding hydrogens is 246 g/mol. The molecule has 0 aromatic carbocycles. The van der Waals surface area contributed by atoms with Crippen molar-refractivity contribution in [3.05, 3.63) is 0 Å². The summed E-state index contributed by atoms with van der Waals surface area (Å²) in [5, 5.41) is 3.73. The Morgan fingerprint density at radius 2 is 1.70 bits per heavy atom. The zero-order chi connectivity index (χ0) is 14.4. The molecule has 2 heterocycles. The first-order valence-electron chi connectivity index (χ1n) is 8.89. The highest BCUT2D eigenvalue weighted by molar-refractivity contribution is 4.79. The molecule has 2 unspecified atom stereocenters. The Kier molecular flexibility index (Phi) is 6.79. The van der Waals surface area contributed by atoms with Crippen molar-refractivity contribution in [2.24, 2.45) is 11.8 Å². The molecule has 0 aromatic heterocycles. The van der Waals surface area contributed by atoms with E-state index in [4.69, 9.17) is 0 Å². The summed E-state index contributed by atoms with van der Waals surface area (Å²) in [4.78, 5) is 5.37. The van der Waals surface area contributed by atoms with Crippen LogP contribution >= 0.6 is 0 Å². The van der Waals surface area contributed by atoms with Crippen molar-refractivity contribution in [3.8, 4) is 0 Å². The lowest BCUT2D eigenvalue weighted by atomic mass is 9.95. The second-order valence-corrected chi connectivity index (χ2v) is 7.04. The summed E-state index contributed by atoms with van der Waals surface area (Å²) in [5.41, 5.74) is 0. The molecule has 0 saturated carbocycles. The topological polar surface area (TPSA) is 18.5 Å². The molecule has 2 aliphatic rings. The maximum atomic E-state index is 3.73. The van der Waals surface area contributed by atoms with Gasteiger partial charge in [0.1, 0.15) is 0 Å². The summed E-state index contributed by atoms with van der Waals surface area (Å²) in [6.07, 6.45) is 5.43. The van der Waals surface area contributed by atoms with Gasteiger partial charge in [0.05, 0.1) is 0 Å². The van der Waals surface area contributed by atoms with Gasteiger partial charge >= 0.3 is 0 Å². The molecule has 2 rings (SSSR count). The van der Waals surface area contributed by atoms with Gasteiger partial charge in [0, 0.05) is 19.1 Å². The predicted molar refractivity (Wildman–Crippen MR) is 87.1 cm³/mol. The van der Waals surface area contributed by atoms with E-state index in [1.165, 1.54) is 71.5 Å². The van der Waals surface area contributed by atoms with Crippen LogP contribution in [0.1, 0.15) is 46.5 Å². The minimum absolute atomic E-state index is 0.738. The number of hydrogen-bond donors (Lipinski definition) is 1. The fourth-order valence-electron chi connectivity index (χ4n) is 3.77. The molecular formula is C17H35N3. The molecule has 2 saturated heterocycles.